The molecule has 4 rings (SSSR count). The third-order valence-corrected chi connectivity index (χ3v) is 6.12. The molecule has 0 bridgehead atoms. The Labute approximate surface area is 174 Å². The van der Waals surface area contributed by atoms with Crippen molar-refractivity contribution >= 4 is 34.9 Å². The minimum Gasteiger partial charge on any atom is -0.328 e. The number of anilines is 2. The normalized spacial score (nSPS) is 18.1. The molecule has 0 atom stereocenters. The number of hydrogen-bond donors (Lipinski definition) is 2. The second-order valence-corrected chi connectivity index (χ2v) is 8.10. The molecule has 29 heavy (non-hydrogen) atoms. The van der Waals surface area contributed by atoms with Crippen LogP contribution in [0, 0.1) is 5.82 Å². The lowest BCUT2D eigenvalue weighted by atomic mass is 9.88. The van der Waals surface area contributed by atoms with Crippen LogP contribution in [0.15, 0.2) is 42.5 Å². The van der Waals surface area contributed by atoms with Gasteiger partial charge in [-0.25, -0.2) is 9.18 Å². The van der Waals surface area contributed by atoms with Gasteiger partial charge >= 0.3 is 6.03 Å². The summed E-state index contributed by atoms with van der Waals surface area (Å²) in [6.07, 6.45) is 4.93. The van der Waals surface area contributed by atoms with Crippen molar-refractivity contribution < 1.29 is 14.0 Å². The van der Waals surface area contributed by atoms with Crippen molar-refractivity contribution in [2.75, 3.05) is 16.8 Å². The number of nitrogens with zero attached hydrogens (tertiary/aromatic N) is 1. The standard InChI is InChI=1S/C22H23ClFN3O2/c23-18-10-9-17(27-13-3-4-20(27)28)14-19(18)25-21(29)26-22(11-1-2-12-22)15-5-7-16(24)8-6-15/h5-10,14H,1-4,11-13H2,(H2,25,26,29). The van der Waals surface area contributed by atoms with Crippen molar-refractivity contribution in [1.29, 1.82) is 0 Å². The minimum atomic E-state index is -0.521. The first-order valence-corrected chi connectivity index (χ1v) is 10.3. The molecular formula is C22H23ClFN3O2. The Kier molecular flexibility index (Phi) is 5.46. The number of carbonyl (C=O) groups excluding carboxylic acids is 2. The fraction of sp³-hybridized carbons (Fsp3) is 0.364. The molecule has 2 N–H and O–H groups in total. The quantitative estimate of drug-likeness (QED) is 0.721. The maximum absolute atomic E-state index is 13.3. The highest BCUT2D eigenvalue weighted by molar-refractivity contribution is 6.33. The van der Waals surface area contributed by atoms with Gasteiger partial charge < -0.3 is 15.5 Å². The molecule has 1 aliphatic heterocycles. The Morgan fingerprint density at radius 3 is 2.45 bits per heavy atom. The Hall–Kier alpha value is -2.60. The first kappa shape index (κ1) is 19.7. The predicted octanol–water partition coefficient (Wildman–Crippen LogP) is 5.20. The average molecular weight is 416 g/mol. The molecule has 0 spiro atoms. The van der Waals surface area contributed by atoms with Crippen molar-refractivity contribution in [2.24, 2.45) is 0 Å². The topological polar surface area (TPSA) is 61.4 Å². The third-order valence-electron chi connectivity index (χ3n) is 5.79. The van der Waals surface area contributed by atoms with Gasteiger partial charge in [0.15, 0.2) is 0 Å². The van der Waals surface area contributed by atoms with Crippen LogP contribution in [0.5, 0.6) is 0 Å². The number of urea groups is 1. The zero-order valence-electron chi connectivity index (χ0n) is 16.0. The number of nitrogens with one attached hydrogen (secondary N) is 2. The number of hydrogen-bond acceptors (Lipinski definition) is 2. The highest BCUT2D eigenvalue weighted by atomic mass is 35.5. The largest absolute Gasteiger partial charge is 0.328 e. The fourth-order valence-corrected chi connectivity index (χ4v) is 4.47. The SMILES string of the molecule is O=C(Nc1cc(N2CCCC2=O)ccc1Cl)NC1(c2ccc(F)cc2)CCCC1. The van der Waals surface area contributed by atoms with E-state index in [-0.39, 0.29) is 17.8 Å². The molecule has 1 aliphatic carbocycles. The van der Waals surface area contributed by atoms with E-state index in [4.69, 9.17) is 11.6 Å². The molecule has 1 saturated carbocycles. The molecule has 2 aromatic rings. The van der Waals surface area contributed by atoms with Crippen molar-refractivity contribution in [1.82, 2.24) is 5.32 Å². The summed E-state index contributed by atoms with van der Waals surface area (Å²) in [4.78, 5) is 26.5. The van der Waals surface area contributed by atoms with Crippen LogP contribution in [0.25, 0.3) is 0 Å². The second kappa shape index (κ2) is 8.03. The first-order chi connectivity index (χ1) is 14.0. The monoisotopic (exact) mass is 415 g/mol. The number of carbonyl (C=O) groups is 2. The number of halogens is 2. The zero-order chi connectivity index (χ0) is 20.4. The van der Waals surface area contributed by atoms with Crippen molar-refractivity contribution in [3.8, 4) is 0 Å². The zero-order valence-corrected chi connectivity index (χ0v) is 16.8. The first-order valence-electron chi connectivity index (χ1n) is 9.92. The third kappa shape index (κ3) is 4.08. The molecule has 2 fully saturated rings. The van der Waals surface area contributed by atoms with Crippen molar-refractivity contribution in [2.45, 2.75) is 44.1 Å². The summed E-state index contributed by atoms with van der Waals surface area (Å²) in [7, 11) is 0. The maximum atomic E-state index is 13.3. The molecular weight excluding hydrogens is 393 g/mol. The summed E-state index contributed by atoms with van der Waals surface area (Å²) in [5.41, 5.74) is 1.55. The lowest BCUT2D eigenvalue weighted by Gasteiger charge is -2.31. The van der Waals surface area contributed by atoms with Gasteiger partial charge in [-0.3, -0.25) is 4.79 Å². The molecule has 0 aromatic heterocycles. The van der Waals surface area contributed by atoms with Crippen LogP contribution in [-0.4, -0.2) is 18.5 Å². The van der Waals surface area contributed by atoms with Gasteiger partial charge in [0.05, 0.1) is 16.2 Å². The molecule has 2 aliphatic rings. The van der Waals surface area contributed by atoms with E-state index in [1.54, 1.807) is 35.2 Å². The van der Waals surface area contributed by atoms with Crippen molar-refractivity contribution in [3.63, 3.8) is 0 Å². The van der Waals surface area contributed by atoms with Gasteiger partial charge in [0.1, 0.15) is 5.82 Å². The smallest absolute Gasteiger partial charge is 0.319 e. The highest BCUT2D eigenvalue weighted by Crippen LogP contribution is 2.39. The van der Waals surface area contributed by atoms with Crippen LogP contribution in [0.4, 0.5) is 20.6 Å². The summed E-state index contributed by atoms with van der Waals surface area (Å²) < 4.78 is 13.3. The van der Waals surface area contributed by atoms with E-state index < -0.39 is 5.54 Å². The Bertz CT molecular complexity index is 926. The molecule has 0 radical (unpaired) electrons. The van der Waals surface area contributed by atoms with Crippen LogP contribution < -0.4 is 15.5 Å². The Balaban J connectivity index is 1.53. The van der Waals surface area contributed by atoms with Crippen molar-refractivity contribution in [3.05, 3.63) is 58.9 Å². The molecule has 1 heterocycles. The molecule has 2 aromatic carbocycles. The van der Waals surface area contributed by atoms with Gasteiger partial charge in [-0.2, -0.15) is 0 Å². The van der Waals surface area contributed by atoms with Gasteiger partial charge in [-0.05, 0) is 55.2 Å². The summed E-state index contributed by atoms with van der Waals surface area (Å²) >= 11 is 6.28. The molecule has 1 saturated heterocycles. The van der Waals surface area contributed by atoms with E-state index in [2.05, 4.69) is 10.6 Å². The molecule has 152 valence electrons. The van der Waals surface area contributed by atoms with Crippen LogP contribution in [-0.2, 0) is 10.3 Å². The van der Waals surface area contributed by atoms with Gasteiger partial charge in [0, 0.05) is 18.7 Å². The van der Waals surface area contributed by atoms with E-state index >= 15 is 0 Å². The van der Waals surface area contributed by atoms with E-state index in [0.717, 1.165) is 43.4 Å². The number of rotatable bonds is 4. The average Bonchev–Trinajstić information content (AvgIpc) is 3.34. The number of benzene rings is 2. The Morgan fingerprint density at radius 2 is 1.79 bits per heavy atom. The summed E-state index contributed by atoms with van der Waals surface area (Å²) in [6, 6.07) is 11.1. The lowest BCUT2D eigenvalue weighted by Crippen LogP contribution is -2.45. The van der Waals surface area contributed by atoms with E-state index in [1.165, 1.54) is 12.1 Å². The molecule has 0 unspecified atom stereocenters. The fourth-order valence-electron chi connectivity index (χ4n) is 4.30. The minimum absolute atomic E-state index is 0.0731. The van der Waals surface area contributed by atoms with Gasteiger partial charge in [-0.1, -0.05) is 36.6 Å². The number of amides is 3. The highest BCUT2D eigenvalue weighted by Gasteiger charge is 2.37. The van der Waals surface area contributed by atoms with Crippen LogP contribution in [0.3, 0.4) is 0 Å². The maximum Gasteiger partial charge on any atom is 0.319 e. The van der Waals surface area contributed by atoms with Gasteiger partial charge in [0.25, 0.3) is 0 Å². The molecule has 3 amide bonds. The van der Waals surface area contributed by atoms with E-state index in [1.807, 2.05) is 0 Å². The van der Waals surface area contributed by atoms with E-state index in [0.29, 0.717) is 23.7 Å². The molecule has 7 heteroatoms. The predicted molar refractivity (Wildman–Crippen MR) is 112 cm³/mol. The lowest BCUT2D eigenvalue weighted by molar-refractivity contribution is -0.117. The molecule has 5 nitrogen and oxygen atoms in total. The van der Waals surface area contributed by atoms with E-state index in [9.17, 15) is 14.0 Å². The van der Waals surface area contributed by atoms with Crippen LogP contribution in [0.2, 0.25) is 5.02 Å². The van der Waals surface area contributed by atoms with Crippen LogP contribution in [0.1, 0.15) is 44.1 Å². The summed E-state index contributed by atoms with van der Waals surface area (Å²) in [6.45, 7) is 0.666. The summed E-state index contributed by atoms with van der Waals surface area (Å²) in [5, 5.41) is 6.32. The summed E-state index contributed by atoms with van der Waals surface area (Å²) in [5.74, 6) is -0.227. The van der Waals surface area contributed by atoms with Crippen LogP contribution >= 0.6 is 11.6 Å². The van der Waals surface area contributed by atoms with Gasteiger partial charge in [0.2, 0.25) is 5.91 Å². The van der Waals surface area contributed by atoms with Gasteiger partial charge in [-0.15, -0.1) is 0 Å². The Morgan fingerprint density at radius 1 is 1.07 bits per heavy atom. The second-order valence-electron chi connectivity index (χ2n) is 7.69.